The van der Waals surface area contributed by atoms with Crippen LogP contribution in [0.25, 0.3) is 0 Å². The van der Waals surface area contributed by atoms with Crippen LogP contribution in [0.1, 0.15) is 36.4 Å². The van der Waals surface area contributed by atoms with Gasteiger partial charge in [-0.15, -0.1) is 24.0 Å². The van der Waals surface area contributed by atoms with E-state index in [2.05, 4.69) is 27.8 Å². The number of amides is 1. The molecule has 2 aliphatic rings. The Bertz CT molecular complexity index is 902. The minimum Gasteiger partial charge on any atom is -0.493 e. The van der Waals surface area contributed by atoms with Crippen LogP contribution in [-0.2, 0) is 11.2 Å². The number of nitrogens with zero attached hydrogens (tertiary/aromatic N) is 2. The second kappa shape index (κ2) is 10.7. The SMILES string of the molecule is CN=C(NCCCC(=O)N1CCc2ccccc21)NC1CCOc2ccccc21.I. The number of anilines is 1. The summed E-state index contributed by atoms with van der Waals surface area (Å²) < 4.78 is 5.73. The highest BCUT2D eigenvalue weighted by Crippen LogP contribution is 2.31. The standard InChI is InChI=1S/C23H28N4O2.HI/c1-24-23(26-19-13-16-29-21-10-5-3-8-18(19)21)25-14-6-11-22(28)27-15-12-17-7-2-4-9-20(17)27;/h2-5,7-10,19H,6,11-16H2,1H3,(H2,24,25,26);1H. The zero-order valence-corrected chi connectivity index (χ0v) is 19.6. The molecule has 7 heteroatoms. The van der Waals surface area contributed by atoms with E-state index in [9.17, 15) is 4.79 Å². The Morgan fingerprint density at radius 3 is 2.87 bits per heavy atom. The predicted molar refractivity (Wildman–Crippen MR) is 131 cm³/mol. The minimum atomic E-state index is 0. The van der Waals surface area contributed by atoms with Gasteiger partial charge in [0.05, 0.1) is 12.6 Å². The first-order valence-corrected chi connectivity index (χ1v) is 10.3. The topological polar surface area (TPSA) is 66.0 Å². The number of hydrogen-bond donors (Lipinski definition) is 2. The van der Waals surface area contributed by atoms with Crippen molar-refractivity contribution in [3.05, 3.63) is 59.7 Å². The summed E-state index contributed by atoms with van der Waals surface area (Å²) in [5, 5.41) is 6.82. The number of fused-ring (bicyclic) bond motifs is 2. The van der Waals surface area contributed by atoms with Gasteiger partial charge in [-0.25, -0.2) is 0 Å². The van der Waals surface area contributed by atoms with Crippen LogP contribution in [0.5, 0.6) is 5.75 Å². The Morgan fingerprint density at radius 1 is 1.20 bits per heavy atom. The molecule has 2 aromatic rings. The van der Waals surface area contributed by atoms with E-state index in [-0.39, 0.29) is 35.9 Å². The van der Waals surface area contributed by atoms with Crippen LogP contribution in [0, 0.1) is 0 Å². The van der Waals surface area contributed by atoms with Crippen LogP contribution in [0.2, 0.25) is 0 Å². The van der Waals surface area contributed by atoms with Gasteiger partial charge in [0.2, 0.25) is 5.91 Å². The van der Waals surface area contributed by atoms with Crippen LogP contribution in [-0.4, -0.2) is 38.6 Å². The summed E-state index contributed by atoms with van der Waals surface area (Å²) in [4.78, 5) is 18.9. The molecule has 0 aromatic heterocycles. The van der Waals surface area contributed by atoms with E-state index >= 15 is 0 Å². The molecular weight excluding hydrogens is 491 g/mol. The predicted octanol–water partition coefficient (Wildman–Crippen LogP) is 3.66. The molecule has 1 unspecified atom stereocenters. The summed E-state index contributed by atoms with van der Waals surface area (Å²) in [6.45, 7) is 2.18. The molecule has 2 heterocycles. The van der Waals surface area contributed by atoms with Crippen molar-refractivity contribution in [2.24, 2.45) is 4.99 Å². The molecule has 2 aromatic carbocycles. The molecule has 1 amide bonds. The average molecular weight is 520 g/mol. The van der Waals surface area contributed by atoms with Crippen molar-refractivity contribution in [1.29, 1.82) is 0 Å². The van der Waals surface area contributed by atoms with Crippen molar-refractivity contribution in [3.63, 3.8) is 0 Å². The molecule has 160 valence electrons. The van der Waals surface area contributed by atoms with Gasteiger partial charge in [0, 0.05) is 44.2 Å². The fourth-order valence-electron chi connectivity index (χ4n) is 4.03. The number of guanidine groups is 1. The van der Waals surface area contributed by atoms with Crippen molar-refractivity contribution in [2.45, 2.75) is 31.7 Å². The Kier molecular flexibility index (Phi) is 7.95. The molecule has 0 fully saturated rings. The van der Waals surface area contributed by atoms with E-state index in [4.69, 9.17) is 4.74 Å². The van der Waals surface area contributed by atoms with Crippen LogP contribution in [0.4, 0.5) is 5.69 Å². The molecule has 0 aliphatic carbocycles. The van der Waals surface area contributed by atoms with E-state index in [0.717, 1.165) is 48.8 Å². The third kappa shape index (κ3) is 5.06. The number of nitrogens with one attached hydrogen (secondary N) is 2. The van der Waals surface area contributed by atoms with E-state index in [0.29, 0.717) is 19.6 Å². The Labute approximate surface area is 195 Å². The number of halogens is 1. The van der Waals surface area contributed by atoms with Crippen molar-refractivity contribution >= 4 is 41.5 Å². The molecule has 6 nitrogen and oxygen atoms in total. The summed E-state index contributed by atoms with van der Waals surface area (Å²) in [7, 11) is 1.77. The number of ether oxygens (including phenoxy) is 1. The molecule has 0 bridgehead atoms. The third-order valence-electron chi connectivity index (χ3n) is 5.54. The first-order chi connectivity index (χ1) is 14.3. The maximum absolute atomic E-state index is 12.6. The van der Waals surface area contributed by atoms with Crippen molar-refractivity contribution in [1.82, 2.24) is 10.6 Å². The molecule has 0 radical (unpaired) electrons. The van der Waals surface area contributed by atoms with Crippen LogP contribution < -0.4 is 20.3 Å². The largest absolute Gasteiger partial charge is 0.493 e. The van der Waals surface area contributed by atoms with E-state index in [1.165, 1.54) is 5.56 Å². The maximum Gasteiger partial charge on any atom is 0.227 e. The van der Waals surface area contributed by atoms with Crippen LogP contribution >= 0.6 is 24.0 Å². The second-order valence-electron chi connectivity index (χ2n) is 7.40. The number of benzene rings is 2. The molecular formula is C23H29IN4O2. The molecule has 2 aliphatic heterocycles. The summed E-state index contributed by atoms with van der Waals surface area (Å²) in [5.74, 6) is 1.88. The lowest BCUT2D eigenvalue weighted by molar-refractivity contribution is -0.118. The average Bonchev–Trinajstić information content (AvgIpc) is 3.20. The number of hydrogen-bond acceptors (Lipinski definition) is 3. The second-order valence-corrected chi connectivity index (χ2v) is 7.40. The molecule has 2 N–H and O–H groups in total. The zero-order valence-electron chi connectivity index (χ0n) is 17.3. The van der Waals surface area contributed by atoms with Gasteiger partial charge in [-0.05, 0) is 30.5 Å². The lowest BCUT2D eigenvalue weighted by atomic mass is 10.0. The van der Waals surface area contributed by atoms with Crippen LogP contribution in [0.15, 0.2) is 53.5 Å². The lowest BCUT2D eigenvalue weighted by Gasteiger charge is -2.28. The Hall–Kier alpha value is -2.29. The van der Waals surface area contributed by atoms with Crippen molar-refractivity contribution < 1.29 is 9.53 Å². The van der Waals surface area contributed by atoms with Gasteiger partial charge in [0.15, 0.2) is 5.96 Å². The van der Waals surface area contributed by atoms with Gasteiger partial charge in [-0.1, -0.05) is 36.4 Å². The van der Waals surface area contributed by atoms with Gasteiger partial charge in [-0.2, -0.15) is 0 Å². The number of rotatable bonds is 5. The first-order valence-electron chi connectivity index (χ1n) is 10.3. The van der Waals surface area contributed by atoms with Gasteiger partial charge < -0.3 is 20.3 Å². The fraction of sp³-hybridized carbons (Fsp3) is 0.391. The fourth-order valence-corrected chi connectivity index (χ4v) is 4.03. The van der Waals surface area contributed by atoms with E-state index in [1.54, 1.807) is 7.05 Å². The number of carbonyl (C=O) groups is 1. The maximum atomic E-state index is 12.6. The first kappa shape index (κ1) is 22.4. The smallest absolute Gasteiger partial charge is 0.227 e. The molecule has 30 heavy (non-hydrogen) atoms. The number of aliphatic imine (C=N–C) groups is 1. The molecule has 0 spiro atoms. The summed E-state index contributed by atoms with van der Waals surface area (Å²) in [6.07, 6.45) is 3.13. The van der Waals surface area contributed by atoms with Gasteiger partial charge in [0.1, 0.15) is 5.75 Å². The summed E-state index contributed by atoms with van der Waals surface area (Å²) >= 11 is 0. The molecule has 1 atom stereocenters. The highest BCUT2D eigenvalue weighted by atomic mass is 127. The van der Waals surface area contributed by atoms with Crippen molar-refractivity contribution in [3.8, 4) is 5.75 Å². The normalized spacial score (nSPS) is 17.3. The minimum absolute atomic E-state index is 0. The lowest BCUT2D eigenvalue weighted by Crippen LogP contribution is -2.41. The third-order valence-corrected chi connectivity index (χ3v) is 5.54. The zero-order chi connectivity index (χ0) is 20.1. The monoisotopic (exact) mass is 520 g/mol. The highest BCUT2D eigenvalue weighted by Gasteiger charge is 2.24. The number of para-hydroxylation sites is 2. The van der Waals surface area contributed by atoms with Gasteiger partial charge >= 0.3 is 0 Å². The molecule has 0 saturated heterocycles. The van der Waals surface area contributed by atoms with Gasteiger partial charge in [-0.3, -0.25) is 9.79 Å². The summed E-state index contributed by atoms with van der Waals surface area (Å²) in [6, 6.07) is 16.5. The van der Waals surface area contributed by atoms with E-state index < -0.39 is 0 Å². The molecule has 4 rings (SSSR count). The number of carbonyl (C=O) groups excluding carboxylic acids is 1. The van der Waals surface area contributed by atoms with Crippen LogP contribution in [0.3, 0.4) is 0 Å². The van der Waals surface area contributed by atoms with E-state index in [1.807, 2.05) is 41.3 Å². The van der Waals surface area contributed by atoms with Crippen molar-refractivity contribution in [2.75, 3.05) is 31.6 Å². The Balaban J connectivity index is 0.00000256. The van der Waals surface area contributed by atoms with Gasteiger partial charge in [0.25, 0.3) is 0 Å². The Morgan fingerprint density at radius 2 is 2.00 bits per heavy atom. The molecule has 0 saturated carbocycles. The summed E-state index contributed by atoms with van der Waals surface area (Å²) in [5.41, 5.74) is 3.49. The highest BCUT2D eigenvalue weighted by molar-refractivity contribution is 14.0. The quantitative estimate of drug-likeness (QED) is 0.274.